The third-order valence-corrected chi connectivity index (χ3v) is 5.62. The molecule has 0 spiro atoms. The van der Waals surface area contributed by atoms with Crippen LogP contribution in [-0.2, 0) is 22.6 Å². The van der Waals surface area contributed by atoms with E-state index in [9.17, 15) is 9.18 Å². The highest BCUT2D eigenvalue weighted by atomic mass is 19.1. The van der Waals surface area contributed by atoms with Gasteiger partial charge in [0.25, 0.3) is 0 Å². The molecule has 0 atom stereocenters. The minimum atomic E-state index is -1.13. The summed E-state index contributed by atoms with van der Waals surface area (Å²) in [5, 5.41) is 0. The normalized spacial score (nSPS) is 12.0. The zero-order valence-corrected chi connectivity index (χ0v) is 22.9. The second-order valence-electron chi connectivity index (χ2n) is 10.8. The van der Waals surface area contributed by atoms with E-state index in [4.69, 9.17) is 18.6 Å². The summed E-state index contributed by atoms with van der Waals surface area (Å²) < 4.78 is 36.3. The minimum absolute atomic E-state index is 0.292. The van der Waals surface area contributed by atoms with Crippen LogP contribution >= 0.6 is 0 Å². The first-order valence-corrected chi connectivity index (χ1v) is 12.5. The molecule has 3 aromatic rings. The lowest BCUT2D eigenvalue weighted by atomic mass is 10.0. The van der Waals surface area contributed by atoms with Gasteiger partial charge in [-0.15, -0.1) is 0 Å². The number of aryl methyl sites for hydroxylation is 2. The summed E-state index contributed by atoms with van der Waals surface area (Å²) in [6.07, 6.45) is 1.66. The van der Waals surface area contributed by atoms with Gasteiger partial charge in [0.15, 0.2) is 5.60 Å². The van der Waals surface area contributed by atoms with E-state index < -0.39 is 17.2 Å². The number of benzene rings is 2. The van der Waals surface area contributed by atoms with Crippen LogP contribution in [0.3, 0.4) is 0 Å². The molecule has 0 N–H and O–H groups in total. The van der Waals surface area contributed by atoms with Gasteiger partial charge in [-0.2, -0.15) is 0 Å². The van der Waals surface area contributed by atoms with Crippen LogP contribution in [0, 0.1) is 19.7 Å². The van der Waals surface area contributed by atoms with Crippen molar-refractivity contribution in [1.29, 1.82) is 0 Å². The van der Waals surface area contributed by atoms with Crippen molar-refractivity contribution in [3.8, 4) is 11.5 Å². The zero-order valence-electron chi connectivity index (χ0n) is 22.9. The second-order valence-corrected chi connectivity index (χ2v) is 10.8. The topological polar surface area (TPSA) is 61.1 Å². The maximum absolute atomic E-state index is 13.2. The molecular weight excluding hydrogens is 473 g/mol. The van der Waals surface area contributed by atoms with E-state index in [-0.39, 0.29) is 5.82 Å². The molecule has 1 heterocycles. The highest BCUT2D eigenvalue weighted by Gasteiger charge is 2.35. The van der Waals surface area contributed by atoms with Crippen LogP contribution < -0.4 is 9.47 Å². The van der Waals surface area contributed by atoms with Gasteiger partial charge in [0.05, 0.1) is 12.8 Å². The molecule has 1 aromatic heterocycles. The molecule has 37 heavy (non-hydrogen) atoms. The minimum Gasteiger partial charge on any atom is -0.492 e. The molecule has 2 aromatic carbocycles. The highest BCUT2D eigenvalue weighted by molar-refractivity contribution is 5.79. The van der Waals surface area contributed by atoms with E-state index in [1.165, 1.54) is 12.1 Å². The van der Waals surface area contributed by atoms with E-state index in [2.05, 4.69) is 17.0 Å². The number of esters is 1. The van der Waals surface area contributed by atoms with Crippen LogP contribution in [0.1, 0.15) is 57.1 Å². The van der Waals surface area contributed by atoms with Crippen molar-refractivity contribution in [3.63, 3.8) is 0 Å². The number of furan rings is 1. The molecule has 0 aliphatic rings. The van der Waals surface area contributed by atoms with Crippen LogP contribution in [0.2, 0.25) is 0 Å². The number of halogens is 1. The Bertz CT molecular complexity index is 1140. The standard InChI is InChI=1S/C30H38FNO5/c1-21-17-23(18-22(2)27(21)36-30(6,7)28(33)37-29(3,4)5)19-32(20-26-9-8-15-34-26)14-16-35-25-12-10-24(31)11-13-25/h8-13,15,17-18H,14,16,19-20H2,1-7H3. The van der Waals surface area contributed by atoms with E-state index in [0.29, 0.717) is 37.7 Å². The SMILES string of the molecule is Cc1cc(CN(CCOc2ccc(F)cc2)Cc2ccco2)cc(C)c1OC(C)(C)C(=O)OC(C)(C)C. The summed E-state index contributed by atoms with van der Waals surface area (Å²) >= 11 is 0. The van der Waals surface area contributed by atoms with Gasteiger partial charge >= 0.3 is 5.97 Å². The van der Waals surface area contributed by atoms with E-state index in [0.717, 1.165) is 22.5 Å². The Balaban J connectivity index is 1.71. The van der Waals surface area contributed by atoms with Crippen LogP contribution in [0.25, 0.3) is 0 Å². The fraction of sp³-hybridized carbons (Fsp3) is 0.433. The van der Waals surface area contributed by atoms with Crippen molar-refractivity contribution >= 4 is 5.97 Å². The van der Waals surface area contributed by atoms with Crippen molar-refractivity contribution in [1.82, 2.24) is 4.90 Å². The predicted molar refractivity (Wildman–Crippen MR) is 141 cm³/mol. The average Bonchev–Trinajstić information content (AvgIpc) is 3.29. The molecule has 0 bridgehead atoms. The molecule has 0 unspecified atom stereocenters. The van der Waals surface area contributed by atoms with Gasteiger partial charge in [0.1, 0.15) is 35.3 Å². The molecule has 0 aliphatic carbocycles. The molecule has 200 valence electrons. The first-order chi connectivity index (χ1) is 17.3. The Labute approximate surface area is 219 Å². The van der Waals surface area contributed by atoms with Crippen molar-refractivity contribution in [2.45, 2.75) is 72.8 Å². The summed E-state index contributed by atoms with van der Waals surface area (Å²) in [5.74, 6) is 1.46. The number of ether oxygens (including phenoxy) is 3. The number of nitrogens with zero attached hydrogens (tertiary/aromatic N) is 1. The molecule has 0 saturated carbocycles. The van der Waals surface area contributed by atoms with Crippen LogP contribution in [0.4, 0.5) is 4.39 Å². The van der Waals surface area contributed by atoms with Crippen molar-refractivity contribution in [2.24, 2.45) is 0 Å². The lowest BCUT2D eigenvalue weighted by Gasteiger charge is -2.30. The molecule has 0 fully saturated rings. The molecule has 7 heteroatoms. The number of hydrogen-bond acceptors (Lipinski definition) is 6. The molecule has 0 saturated heterocycles. The predicted octanol–water partition coefficient (Wildman–Crippen LogP) is 6.62. The van der Waals surface area contributed by atoms with Crippen molar-refractivity contribution in [2.75, 3.05) is 13.2 Å². The fourth-order valence-electron chi connectivity index (χ4n) is 3.91. The smallest absolute Gasteiger partial charge is 0.350 e. The van der Waals surface area contributed by atoms with Crippen molar-refractivity contribution in [3.05, 3.63) is 83.1 Å². The van der Waals surface area contributed by atoms with Gasteiger partial charge in [-0.3, -0.25) is 4.90 Å². The largest absolute Gasteiger partial charge is 0.492 e. The van der Waals surface area contributed by atoms with Crippen molar-refractivity contribution < 1.29 is 27.8 Å². The van der Waals surface area contributed by atoms with Gasteiger partial charge in [0, 0.05) is 13.1 Å². The van der Waals surface area contributed by atoms with E-state index >= 15 is 0 Å². The Morgan fingerprint density at radius 1 is 0.973 bits per heavy atom. The number of hydrogen-bond donors (Lipinski definition) is 0. The monoisotopic (exact) mass is 511 g/mol. The summed E-state index contributed by atoms with van der Waals surface area (Å²) in [6.45, 7) is 15.3. The van der Waals surface area contributed by atoms with Gasteiger partial charge < -0.3 is 18.6 Å². The quantitative estimate of drug-likeness (QED) is 0.270. The fourth-order valence-corrected chi connectivity index (χ4v) is 3.91. The highest BCUT2D eigenvalue weighted by Crippen LogP contribution is 2.30. The molecule has 3 rings (SSSR count). The third-order valence-electron chi connectivity index (χ3n) is 5.62. The van der Waals surface area contributed by atoms with Gasteiger partial charge in [-0.25, -0.2) is 9.18 Å². The molecule has 0 radical (unpaired) electrons. The van der Waals surface area contributed by atoms with Gasteiger partial charge in [-0.1, -0.05) is 12.1 Å². The summed E-state index contributed by atoms with van der Waals surface area (Å²) in [6, 6.07) is 14.0. The Hall–Kier alpha value is -3.32. The zero-order chi connectivity index (χ0) is 27.2. The van der Waals surface area contributed by atoms with E-state index in [1.54, 1.807) is 32.2 Å². The van der Waals surface area contributed by atoms with E-state index in [1.807, 2.05) is 46.8 Å². The lowest BCUT2D eigenvalue weighted by molar-refractivity contribution is -0.171. The summed E-state index contributed by atoms with van der Waals surface area (Å²) in [7, 11) is 0. The van der Waals surface area contributed by atoms with Crippen LogP contribution in [-0.4, -0.2) is 35.2 Å². The Morgan fingerprint density at radius 3 is 2.19 bits per heavy atom. The Kier molecular flexibility index (Phi) is 9.02. The third kappa shape index (κ3) is 8.64. The average molecular weight is 512 g/mol. The lowest BCUT2D eigenvalue weighted by Crippen LogP contribution is -2.43. The maximum atomic E-state index is 13.2. The first-order valence-electron chi connectivity index (χ1n) is 12.5. The molecule has 6 nitrogen and oxygen atoms in total. The molecule has 0 aliphatic heterocycles. The Morgan fingerprint density at radius 2 is 1.62 bits per heavy atom. The van der Waals surface area contributed by atoms with Crippen LogP contribution in [0.15, 0.2) is 59.2 Å². The summed E-state index contributed by atoms with van der Waals surface area (Å²) in [5.41, 5.74) is 1.25. The van der Waals surface area contributed by atoms with Crippen LogP contribution in [0.5, 0.6) is 11.5 Å². The molecular formula is C30H38FNO5. The molecule has 0 amide bonds. The maximum Gasteiger partial charge on any atom is 0.350 e. The summed E-state index contributed by atoms with van der Waals surface area (Å²) in [4.78, 5) is 14.9. The number of carbonyl (C=O) groups excluding carboxylic acids is 1. The second kappa shape index (κ2) is 11.8. The van der Waals surface area contributed by atoms with Gasteiger partial charge in [-0.05, 0) is 102 Å². The first kappa shape index (κ1) is 28.3. The van der Waals surface area contributed by atoms with Gasteiger partial charge in [0.2, 0.25) is 0 Å². The number of carbonyl (C=O) groups is 1. The number of rotatable bonds is 11.